The summed E-state index contributed by atoms with van der Waals surface area (Å²) in [5.74, 6) is 2.14. The zero-order valence-corrected chi connectivity index (χ0v) is 25.1. The van der Waals surface area contributed by atoms with E-state index in [9.17, 15) is 9.90 Å². The number of rotatable bonds is 12. The summed E-state index contributed by atoms with van der Waals surface area (Å²) in [6, 6.07) is 8.87. The lowest BCUT2D eigenvalue weighted by Gasteiger charge is -2.46. The van der Waals surface area contributed by atoms with E-state index in [-0.39, 0.29) is 24.6 Å². The molecule has 2 aromatic carbocycles. The molecule has 216 valence electrons. The molecule has 1 aliphatic rings. The second-order valence-electron chi connectivity index (χ2n) is 10.7. The Bertz CT molecular complexity index is 1080. The Hall–Kier alpha value is -2.39. The van der Waals surface area contributed by atoms with Crippen LogP contribution >= 0.6 is 23.2 Å². The highest BCUT2D eigenvalue weighted by atomic mass is 35.5. The second kappa shape index (κ2) is 14.3. The first-order valence-electron chi connectivity index (χ1n) is 13.4. The number of aliphatic hydroxyl groups excluding tert-OH is 1. The van der Waals surface area contributed by atoms with Gasteiger partial charge in [-0.1, -0.05) is 43.1 Å². The molecule has 3 rings (SSSR count). The minimum Gasteiger partial charge on any atom is -0.493 e. The van der Waals surface area contributed by atoms with Crippen molar-refractivity contribution in [1.82, 2.24) is 5.32 Å². The van der Waals surface area contributed by atoms with Gasteiger partial charge in [-0.25, -0.2) is 4.79 Å². The average molecular weight is 584 g/mol. The van der Waals surface area contributed by atoms with Crippen LogP contribution in [0.2, 0.25) is 10.0 Å². The molecule has 1 aliphatic heterocycles. The van der Waals surface area contributed by atoms with Crippen LogP contribution in [0.5, 0.6) is 17.2 Å². The average Bonchev–Trinajstić information content (AvgIpc) is 2.91. The lowest BCUT2D eigenvalue weighted by Crippen LogP contribution is -2.61. The molecule has 0 spiro atoms. The van der Waals surface area contributed by atoms with Crippen molar-refractivity contribution in [3.63, 3.8) is 0 Å². The maximum absolute atomic E-state index is 13.1. The Morgan fingerprint density at radius 2 is 1.67 bits per heavy atom. The van der Waals surface area contributed by atoms with Gasteiger partial charge in [-0.05, 0) is 48.8 Å². The van der Waals surface area contributed by atoms with Crippen LogP contribution in [0.1, 0.15) is 32.3 Å². The van der Waals surface area contributed by atoms with Gasteiger partial charge in [0.1, 0.15) is 6.54 Å². The smallest absolute Gasteiger partial charge is 0.319 e. The molecule has 2 aromatic rings. The molecular weight excluding hydrogens is 541 g/mol. The van der Waals surface area contributed by atoms with Gasteiger partial charge in [0.25, 0.3) is 0 Å². The monoisotopic (exact) mass is 582 g/mol. The number of halogens is 2. The fourth-order valence-electron chi connectivity index (χ4n) is 5.41. The Labute approximate surface area is 242 Å². The van der Waals surface area contributed by atoms with E-state index in [0.717, 1.165) is 43.4 Å². The number of methoxy groups -OCH3 is 3. The van der Waals surface area contributed by atoms with Gasteiger partial charge < -0.3 is 34.4 Å². The third-order valence-corrected chi connectivity index (χ3v) is 8.47. The number of piperidine rings is 1. The van der Waals surface area contributed by atoms with Gasteiger partial charge in [0.05, 0.1) is 69.3 Å². The van der Waals surface area contributed by atoms with Crippen LogP contribution in [0, 0.1) is 11.8 Å². The summed E-state index contributed by atoms with van der Waals surface area (Å²) in [6.07, 6.45) is 3.05. The van der Waals surface area contributed by atoms with E-state index in [0.29, 0.717) is 45.4 Å². The molecule has 3 N–H and O–H groups in total. The maximum Gasteiger partial charge on any atom is 0.319 e. The number of nitrogens with one attached hydrogen (secondary N) is 2. The van der Waals surface area contributed by atoms with Crippen LogP contribution in [-0.2, 0) is 6.42 Å². The molecule has 1 fully saturated rings. The molecule has 39 heavy (non-hydrogen) atoms. The first-order chi connectivity index (χ1) is 18.6. The Morgan fingerprint density at radius 1 is 1.03 bits per heavy atom. The van der Waals surface area contributed by atoms with Crippen LogP contribution in [0.25, 0.3) is 0 Å². The van der Waals surface area contributed by atoms with E-state index in [1.54, 1.807) is 12.1 Å². The van der Waals surface area contributed by atoms with Crippen molar-refractivity contribution >= 4 is 34.9 Å². The fraction of sp³-hybridized carbons (Fsp3) is 0.552. The molecule has 10 heteroatoms. The number of anilines is 1. The summed E-state index contributed by atoms with van der Waals surface area (Å²) in [4.78, 5) is 13.1. The molecule has 1 heterocycles. The summed E-state index contributed by atoms with van der Waals surface area (Å²) in [5.41, 5.74) is 1.73. The number of quaternary nitrogens is 1. The maximum atomic E-state index is 13.1. The highest BCUT2D eigenvalue weighted by Gasteiger charge is 2.37. The summed E-state index contributed by atoms with van der Waals surface area (Å²) < 4.78 is 17.0. The van der Waals surface area contributed by atoms with Crippen molar-refractivity contribution in [3.05, 3.63) is 45.9 Å². The zero-order valence-electron chi connectivity index (χ0n) is 23.6. The summed E-state index contributed by atoms with van der Waals surface area (Å²) >= 11 is 12.3. The number of likely N-dealkylation sites (tertiary alicyclic amines) is 1. The normalized spacial score (nSPS) is 19.9. The van der Waals surface area contributed by atoms with Crippen LogP contribution in [0.4, 0.5) is 10.5 Å². The van der Waals surface area contributed by atoms with Gasteiger partial charge in [-0.2, -0.15) is 0 Å². The Morgan fingerprint density at radius 3 is 2.18 bits per heavy atom. The summed E-state index contributed by atoms with van der Waals surface area (Å²) in [7, 11) is 4.61. The van der Waals surface area contributed by atoms with E-state index in [2.05, 4.69) is 24.5 Å². The molecule has 0 aliphatic carbocycles. The van der Waals surface area contributed by atoms with Crippen LogP contribution < -0.4 is 24.8 Å². The molecule has 1 saturated heterocycles. The molecule has 0 bridgehead atoms. The standard InChI is InChI=1S/C29H41Cl2N3O5/c1-19(2)25(33-29(36)32-22-16-26(37-3)28(39-5)27(17-22)38-4)18-34(12-13-35)10-8-20(9-11-34)14-21-6-7-23(30)24(31)15-21/h6-7,15-17,19-20,25,35H,8-14,18H2,1-5H3,(H-,32,33,36)/p+1. The number of hydrogen-bond donors (Lipinski definition) is 3. The van der Waals surface area contributed by atoms with Crippen molar-refractivity contribution in [2.75, 3.05) is 59.4 Å². The number of amides is 2. The predicted molar refractivity (Wildman–Crippen MR) is 157 cm³/mol. The van der Waals surface area contributed by atoms with Crippen molar-refractivity contribution in [2.24, 2.45) is 11.8 Å². The number of carbonyl (C=O) groups is 1. The van der Waals surface area contributed by atoms with Crippen molar-refractivity contribution in [3.8, 4) is 17.2 Å². The first-order valence-corrected chi connectivity index (χ1v) is 14.2. The van der Waals surface area contributed by atoms with Crippen LogP contribution in [0.3, 0.4) is 0 Å². The van der Waals surface area contributed by atoms with Crippen LogP contribution in [0.15, 0.2) is 30.3 Å². The minimum atomic E-state index is -0.306. The lowest BCUT2D eigenvalue weighted by atomic mass is 9.88. The predicted octanol–water partition coefficient (Wildman–Crippen LogP) is 5.63. The molecule has 2 amide bonds. The molecule has 0 radical (unpaired) electrons. The summed E-state index contributed by atoms with van der Waals surface area (Å²) in [5, 5.41) is 17.2. The van der Waals surface area contributed by atoms with Crippen LogP contribution in [-0.4, -0.2) is 75.8 Å². The molecule has 8 nitrogen and oxygen atoms in total. The number of benzene rings is 2. The highest BCUT2D eigenvalue weighted by Crippen LogP contribution is 2.40. The topological polar surface area (TPSA) is 89.1 Å². The number of aliphatic hydroxyl groups is 1. The zero-order chi connectivity index (χ0) is 28.6. The third kappa shape index (κ3) is 8.30. The van der Waals surface area contributed by atoms with E-state index in [1.165, 1.54) is 26.9 Å². The third-order valence-electron chi connectivity index (χ3n) is 7.73. The Kier molecular flexibility index (Phi) is 11.4. The molecule has 1 atom stereocenters. The van der Waals surface area contributed by atoms with Crippen molar-refractivity contribution in [1.29, 1.82) is 0 Å². The lowest BCUT2D eigenvalue weighted by molar-refractivity contribution is -0.935. The number of ether oxygens (including phenoxy) is 3. The highest BCUT2D eigenvalue weighted by molar-refractivity contribution is 6.42. The first kappa shape index (κ1) is 31.1. The minimum absolute atomic E-state index is 0.0785. The molecule has 0 aromatic heterocycles. The van der Waals surface area contributed by atoms with Gasteiger partial charge in [0.2, 0.25) is 5.75 Å². The van der Waals surface area contributed by atoms with E-state index >= 15 is 0 Å². The SMILES string of the molecule is COc1cc(NC(=O)NC(C[N+]2(CCO)CCC(Cc3ccc(Cl)c(Cl)c3)CC2)C(C)C)cc(OC)c1OC. The number of nitrogens with zero attached hydrogens (tertiary/aromatic N) is 1. The molecule has 0 saturated carbocycles. The van der Waals surface area contributed by atoms with Gasteiger partial charge in [0, 0.05) is 12.1 Å². The van der Waals surface area contributed by atoms with E-state index in [1.807, 2.05) is 18.2 Å². The number of hydrogen-bond acceptors (Lipinski definition) is 5. The van der Waals surface area contributed by atoms with Crippen molar-refractivity contribution < 1.29 is 28.6 Å². The summed E-state index contributed by atoms with van der Waals surface area (Å²) in [6.45, 7) is 7.64. The van der Waals surface area contributed by atoms with Gasteiger partial charge in [-0.15, -0.1) is 0 Å². The van der Waals surface area contributed by atoms with Gasteiger partial charge >= 0.3 is 6.03 Å². The second-order valence-corrected chi connectivity index (χ2v) is 11.5. The fourth-order valence-corrected chi connectivity index (χ4v) is 5.73. The quantitative estimate of drug-likeness (QED) is 0.282. The Balaban J connectivity index is 1.65. The molecular formula is C29H42Cl2N3O5+. The van der Waals surface area contributed by atoms with Gasteiger partial charge in [0.15, 0.2) is 11.5 Å². The largest absolute Gasteiger partial charge is 0.493 e. The van der Waals surface area contributed by atoms with Gasteiger partial charge in [-0.3, -0.25) is 0 Å². The number of urea groups is 1. The number of carbonyl (C=O) groups excluding carboxylic acids is 1. The van der Waals surface area contributed by atoms with E-state index < -0.39 is 0 Å². The van der Waals surface area contributed by atoms with Crippen molar-refractivity contribution in [2.45, 2.75) is 39.2 Å². The van der Waals surface area contributed by atoms with E-state index in [4.69, 9.17) is 37.4 Å². The molecule has 1 unspecified atom stereocenters.